The van der Waals surface area contributed by atoms with Crippen LogP contribution in [0, 0.1) is 4.91 Å². The van der Waals surface area contributed by atoms with Crippen molar-refractivity contribution in [2.24, 2.45) is 4.99 Å². The number of hydrogen-bond donors (Lipinski definition) is 0. The minimum atomic E-state index is 0.219. The zero-order chi connectivity index (χ0) is 7.68. The molecule has 1 aliphatic heterocycles. The molecular weight excluding hydrogens is 140 g/mol. The molecule has 11 heavy (non-hydrogen) atoms. The van der Waals surface area contributed by atoms with Crippen LogP contribution in [0.25, 0.3) is 0 Å². The molecule has 3 heteroatoms. The van der Waals surface area contributed by atoms with Crippen LogP contribution in [0.3, 0.4) is 0 Å². The maximum Gasteiger partial charge on any atom is 0.290 e. The monoisotopic (exact) mass is 147 g/mol. The molecule has 1 aliphatic rings. The van der Waals surface area contributed by atoms with Crippen LogP contribution < -0.4 is 0 Å². The Morgan fingerprint density at radius 2 is 2.18 bits per heavy atom. The maximum atomic E-state index is 11.1. The summed E-state index contributed by atoms with van der Waals surface area (Å²) in [4.78, 5) is 15.0. The first kappa shape index (κ1) is 6.22. The van der Waals surface area contributed by atoms with Gasteiger partial charge in [0.2, 0.25) is 0 Å². The molecule has 2 rings (SSSR count). The van der Waals surface area contributed by atoms with Crippen LogP contribution in [-0.4, -0.2) is 17.6 Å². The molecule has 54 valence electrons. The molecule has 1 aromatic rings. The van der Waals surface area contributed by atoms with Crippen LogP contribution >= 0.6 is 0 Å². The van der Waals surface area contributed by atoms with Crippen molar-refractivity contribution in [1.29, 1.82) is 0 Å². The molecule has 0 radical (unpaired) electrons. The minimum absolute atomic E-state index is 0.219. The van der Waals surface area contributed by atoms with E-state index in [1.165, 1.54) is 0 Å². The van der Waals surface area contributed by atoms with E-state index in [1.807, 2.05) is 18.2 Å². The minimum Gasteiger partial charge on any atom is -0.223 e. The Balaban J connectivity index is 2.63. The van der Waals surface area contributed by atoms with Crippen LogP contribution in [0.4, 0.5) is 5.69 Å². The summed E-state index contributed by atoms with van der Waals surface area (Å²) in [5.41, 5.74) is 1.61. The first-order valence-corrected chi connectivity index (χ1v) is 3.41. The molecule has 0 aliphatic carbocycles. The van der Waals surface area contributed by atoms with Crippen LogP contribution in [0.2, 0.25) is 0 Å². The largest absolute Gasteiger partial charge is 0.290 e. The molecule has 0 fully saturated rings. The molecular formula is C8H7N2O+. The van der Waals surface area contributed by atoms with Crippen LogP contribution in [-0.2, 0) is 0 Å². The van der Waals surface area contributed by atoms with Crippen LogP contribution in [0.15, 0.2) is 29.3 Å². The Kier molecular flexibility index (Phi) is 1.28. The van der Waals surface area contributed by atoms with Crippen molar-refractivity contribution >= 4 is 11.9 Å². The second kappa shape index (κ2) is 2.27. The fourth-order valence-corrected chi connectivity index (χ4v) is 1.11. The van der Waals surface area contributed by atoms with Crippen molar-refractivity contribution in [3.63, 3.8) is 0 Å². The molecule has 1 heterocycles. The van der Waals surface area contributed by atoms with E-state index in [2.05, 4.69) is 4.99 Å². The Morgan fingerprint density at radius 1 is 1.36 bits per heavy atom. The van der Waals surface area contributed by atoms with Gasteiger partial charge in [-0.25, -0.2) is 4.99 Å². The fourth-order valence-electron chi connectivity index (χ4n) is 1.11. The molecule has 3 nitrogen and oxygen atoms in total. The zero-order valence-corrected chi connectivity index (χ0v) is 5.90. The third-order valence-electron chi connectivity index (χ3n) is 1.65. The van der Waals surface area contributed by atoms with Gasteiger partial charge >= 0.3 is 0 Å². The van der Waals surface area contributed by atoms with Crippen molar-refractivity contribution in [3.05, 3.63) is 34.7 Å². The third-order valence-corrected chi connectivity index (χ3v) is 1.65. The normalized spacial score (nSPS) is 14.7. The first-order valence-electron chi connectivity index (χ1n) is 3.41. The van der Waals surface area contributed by atoms with Gasteiger partial charge in [0, 0.05) is 17.2 Å². The van der Waals surface area contributed by atoms with E-state index in [-0.39, 0.29) is 6.67 Å². The van der Waals surface area contributed by atoms with Gasteiger partial charge in [-0.2, -0.15) is 0 Å². The second-order valence-electron chi connectivity index (χ2n) is 2.39. The summed E-state index contributed by atoms with van der Waals surface area (Å²) in [5.74, 6) is 0. The number of rotatable bonds is 0. The number of hydrogen-bond acceptors (Lipinski definition) is 2. The quantitative estimate of drug-likeness (QED) is 0.511. The van der Waals surface area contributed by atoms with Crippen molar-refractivity contribution in [3.8, 4) is 0 Å². The summed E-state index contributed by atoms with van der Waals surface area (Å²) in [6.45, 7) is 0.219. The molecule has 0 N–H and O–H groups in total. The number of aliphatic imine (C=N–C) groups is 1. The predicted molar refractivity (Wildman–Crippen MR) is 42.2 cm³/mol. The molecule has 1 aromatic carbocycles. The Bertz CT molecular complexity index is 331. The van der Waals surface area contributed by atoms with E-state index in [0.717, 1.165) is 10.3 Å². The second-order valence-corrected chi connectivity index (χ2v) is 2.39. The highest BCUT2D eigenvalue weighted by Gasteiger charge is 2.19. The van der Waals surface area contributed by atoms with Crippen molar-refractivity contribution < 1.29 is 4.76 Å². The van der Waals surface area contributed by atoms with Crippen LogP contribution in [0.1, 0.15) is 5.56 Å². The molecule has 0 saturated heterocycles. The average Bonchev–Trinajstić information content (AvgIpc) is 2.06. The lowest BCUT2D eigenvalue weighted by Crippen LogP contribution is -2.08. The van der Waals surface area contributed by atoms with Crippen molar-refractivity contribution in [1.82, 2.24) is 0 Å². The van der Waals surface area contributed by atoms with Crippen LogP contribution in [0.5, 0.6) is 0 Å². The number of nitrogens with zero attached hydrogens (tertiary/aromatic N) is 2. The van der Waals surface area contributed by atoms with Gasteiger partial charge in [0.15, 0.2) is 0 Å². The number of fused-ring (bicyclic) bond motifs is 1. The lowest BCUT2D eigenvalue weighted by Gasteiger charge is -1.99. The fraction of sp³-hybridized carbons (Fsp3) is 0.125. The van der Waals surface area contributed by atoms with Gasteiger partial charge in [0.1, 0.15) is 0 Å². The number of nitroso groups, excluding NO2 is 1. The smallest absolute Gasteiger partial charge is 0.223 e. The summed E-state index contributed by atoms with van der Waals surface area (Å²) in [6.07, 6.45) is 1.73. The molecule has 0 atom stereocenters. The molecule has 0 unspecified atom stereocenters. The molecule has 0 spiro atoms. The summed E-state index contributed by atoms with van der Waals surface area (Å²) < 4.78 is 0.884. The van der Waals surface area contributed by atoms with Gasteiger partial charge in [-0.1, -0.05) is 12.1 Å². The van der Waals surface area contributed by atoms with E-state index in [0.29, 0.717) is 5.69 Å². The number of para-hydroxylation sites is 1. The molecule has 0 aromatic heterocycles. The SMILES string of the molecule is O=[N+]1CN=Cc2ccccc21. The van der Waals surface area contributed by atoms with Gasteiger partial charge in [-0.05, 0) is 6.07 Å². The third kappa shape index (κ3) is 0.941. The highest BCUT2D eigenvalue weighted by atomic mass is 16.3. The van der Waals surface area contributed by atoms with Gasteiger partial charge in [-0.3, -0.25) is 0 Å². The summed E-state index contributed by atoms with van der Waals surface area (Å²) in [6, 6.07) is 7.42. The Morgan fingerprint density at radius 3 is 3.00 bits per heavy atom. The summed E-state index contributed by atoms with van der Waals surface area (Å²) in [5, 5.41) is 0. The van der Waals surface area contributed by atoms with Gasteiger partial charge in [-0.15, -0.1) is 0 Å². The maximum absolute atomic E-state index is 11.1. The summed E-state index contributed by atoms with van der Waals surface area (Å²) >= 11 is 0. The lowest BCUT2D eigenvalue weighted by atomic mass is 10.2. The van der Waals surface area contributed by atoms with E-state index < -0.39 is 0 Å². The van der Waals surface area contributed by atoms with Crippen molar-refractivity contribution in [2.45, 2.75) is 0 Å². The van der Waals surface area contributed by atoms with E-state index in [9.17, 15) is 4.91 Å². The number of benzene rings is 1. The standard InChI is InChI=1S/C8H7N2O/c11-10-6-9-5-7-3-1-2-4-8(7)10/h1-5H,6H2/q+1. The average molecular weight is 147 g/mol. The van der Waals surface area contributed by atoms with Gasteiger partial charge in [0.25, 0.3) is 12.4 Å². The zero-order valence-electron chi connectivity index (χ0n) is 5.90. The highest BCUT2D eigenvalue weighted by molar-refractivity contribution is 5.85. The predicted octanol–water partition coefficient (Wildman–Crippen LogP) is 1.49. The van der Waals surface area contributed by atoms with Gasteiger partial charge in [0.05, 0.1) is 10.3 Å². The first-order chi connectivity index (χ1) is 5.38. The van der Waals surface area contributed by atoms with E-state index in [1.54, 1.807) is 12.3 Å². The molecule has 0 amide bonds. The topological polar surface area (TPSA) is 32.4 Å². The molecule has 0 saturated carbocycles. The van der Waals surface area contributed by atoms with Crippen molar-refractivity contribution in [2.75, 3.05) is 6.67 Å². The van der Waals surface area contributed by atoms with E-state index in [4.69, 9.17) is 0 Å². The lowest BCUT2D eigenvalue weighted by molar-refractivity contribution is -0.462. The van der Waals surface area contributed by atoms with E-state index >= 15 is 0 Å². The highest BCUT2D eigenvalue weighted by Crippen LogP contribution is 2.18. The molecule has 0 bridgehead atoms. The Hall–Kier alpha value is -1.51. The Labute approximate surface area is 64.0 Å². The van der Waals surface area contributed by atoms with Gasteiger partial charge < -0.3 is 0 Å². The summed E-state index contributed by atoms with van der Waals surface area (Å²) in [7, 11) is 0.